The normalized spacial score (nSPS) is 15.4. The van der Waals surface area contributed by atoms with Gasteiger partial charge in [0.25, 0.3) is 5.91 Å². The largest absolute Gasteiger partial charge is 0.494 e. The number of likely N-dealkylation sites (tertiary alicyclic amines) is 1. The van der Waals surface area contributed by atoms with Crippen LogP contribution in [0, 0.1) is 5.82 Å². The monoisotopic (exact) mass is 373 g/mol. The fourth-order valence-electron chi connectivity index (χ4n) is 3.29. The number of pyridine rings is 1. The van der Waals surface area contributed by atoms with Gasteiger partial charge in [0.15, 0.2) is 11.6 Å². The summed E-state index contributed by atoms with van der Waals surface area (Å²) in [6.45, 7) is 2.35. The Labute approximate surface area is 158 Å². The molecule has 144 valence electrons. The standard InChI is InChI=1S/C20H24FN3O3/c1-26-18-6-5-14(12-17(18)21)13-24-10-7-15(8-11-24)23-19(25)16-4-3-9-22-20(16)27-2/h3-6,9,12,15H,7-8,10-11,13H2,1-2H3,(H,23,25). The Morgan fingerprint density at radius 3 is 2.70 bits per heavy atom. The molecule has 0 spiro atoms. The van der Waals surface area contributed by atoms with Crippen LogP contribution in [0.3, 0.4) is 0 Å². The van der Waals surface area contributed by atoms with Crippen LogP contribution in [0.15, 0.2) is 36.5 Å². The zero-order valence-electron chi connectivity index (χ0n) is 15.6. The summed E-state index contributed by atoms with van der Waals surface area (Å²) in [7, 11) is 2.96. The van der Waals surface area contributed by atoms with E-state index >= 15 is 0 Å². The summed E-state index contributed by atoms with van der Waals surface area (Å²) >= 11 is 0. The Balaban J connectivity index is 1.51. The minimum Gasteiger partial charge on any atom is -0.494 e. The minimum atomic E-state index is -0.345. The third kappa shape index (κ3) is 4.74. The summed E-state index contributed by atoms with van der Waals surface area (Å²) in [5, 5.41) is 3.06. The average molecular weight is 373 g/mol. The molecule has 1 aliphatic heterocycles. The molecular weight excluding hydrogens is 349 g/mol. The molecule has 1 N–H and O–H groups in total. The molecule has 0 aliphatic carbocycles. The van der Waals surface area contributed by atoms with Gasteiger partial charge in [-0.1, -0.05) is 6.07 Å². The van der Waals surface area contributed by atoms with E-state index in [4.69, 9.17) is 9.47 Å². The predicted octanol–water partition coefficient (Wildman–Crippen LogP) is 2.63. The number of methoxy groups -OCH3 is 2. The van der Waals surface area contributed by atoms with E-state index in [2.05, 4.69) is 15.2 Å². The first-order chi connectivity index (χ1) is 13.1. The summed E-state index contributed by atoms with van der Waals surface area (Å²) in [5.74, 6) is 0.0677. The highest BCUT2D eigenvalue weighted by Crippen LogP contribution is 2.21. The van der Waals surface area contributed by atoms with E-state index in [9.17, 15) is 9.18 Å². The quantitative estimate of drug-likeness (QED) is 0.843. The van der Waals surface area contributed by atoms with Gasteiger partial charge in [0.05, 0.1) is 14.2 Å². The maximum atomic E-state index is 13.8. The van der Waals surface area contributed by atoms with Crippen LogP contribution < -0.4 is 14.8 Å². The first-order valence-electron chi connectivity index (χ1n) is 8.95. The fourth-order valence-corrected chi connectivity index (χ4v) is 3.29. The number of carbonyl (C=O) groups excluding carboxylic acids is 1. The van der Waals surface area contributed by atoms with Crippen molar-refractivity contribution in [3.63, 3.8) is 0 Å². The number of halogens is 1. The zero-order chi connectivity index (χ0) is 19.2. The van der Waals surface area contributed by atoms with Crippen molar-refractivity contribution in [3.05, 3.63) is 53.5 Å². The van der Waals surface area contributed by atoms with Gasteiger partial charge < -0.3 is 14.8 Å². The molecule has 1 aliphatic rings. The van der Waals surface area contributed by atoms with E-state index in [1.165, 1.54) is 20.3 Å². The van der Waals surface area contributed by atoms with Crippen LogP contribution in [0.1, 0.15) is 28.8 Å². The molecule has 0 saturated carbocycles. The molecule has 0 bridgehead atoms. The number of rotatable bonds is 6. The molecule has 3 rings (SSSR count). The number of carbonyl (C=O) groups is 1. The Hall–Kier alpha value is -2.67. The van der Waals surface area contributed by atoms with Crippen molar-refractivity contribution >= 4 is 5.91 Å². The summed E-state index contributed by atoms with van der Waals surface area (Å²) < 4.78 is 23.9. The second kappa shape index (κ2) is 8.81. The van der Waals surface area contributed by atoms with Gasteiger partial charge in [-0.05, 0) is 42.7 Å². The maximum absolute atomic E-state index is 13.8. The Bertz CT molecular complexity index is 792. The maximum Gasteiger partial charge on any atom is 0.256 e. The van der Waals surface area contributed by atoms with Crippen LogP contribution in [0.4, 0.5) is 4.39 Å². The highest BCUT2D eigenvalue weighted by atomic mass is 19.1. The van der Waals surface area contributed by atoms with Gasteiger partial charge in [-0.2, -0.15) is 0 Å². The van der Waals surface area contributed by atoms with E-state index in [-0.39, 0.29) is 23.5 Å². The van der Waals surface area contributed by atoms with Gasteiger partial charge in [-0.3, -0.25) is 9.69 Å². The molecule has 1 fully saturated rings. The first kappa shape index (κ1) is 19.1. The van der Waals surface area contributed by atoms with Crippen LogP contribution in [-0.4, -0.2) is 49.1 Å². The second-order valence-electron chi connectivity index (χ2n) is 6.55. The molecule has 1 aromatic carbocycles. The lowest BCUT2D eigenvalue weighted by Gasteiger charge is -2.32. The lowest BCUT2D eigenvalue weighted by atomic mass is 10.0. The Morgan fingerprint density at radius 1 is 1.26 bits per heavy atom. The molecule has 0 unspecified atom stereocenters. The van der Waals surface area contributed by atoms with Gasteiger partial charge in [0.1, 0.15) is 5.56 Å². The topological polar surface area (TPSA) is 63.7 Å². The molecule has 1 amide bonds. The summed E-state index contributed by atoms with van der Waals surface area (Å²) in [6.07, 6.45) is 3.27. The molecule has 1 aromatic heterocycles. The first-order valence-corrected chi connectivity index (χ1v) is 8.95. The van der Waals surface area contributed by atoms with Crippen molar-refractivity contribution in [3.8, 4) is 11.6 Å². The highest BCUT2D eigenvalue weighted by Gasteiger charge is 2.23. The van der Waals surface area contributed by atoms with E-state index in [1.54, 1.807) is 24.4 Å². The number of nitrogens with zero attached hydrogens (tertiary/aromatic N) is 2. The molecule has 27 heavy (non-hydrogen) atoms. The van der Waals surface area contributed by atoms with E-state index in [1.807, 2.05) is 6.07 Å². The molecular formula is C20H24FN3O3. The van der Waals surface area contributed by atoms with Gasteiger partial charge >= 0.3 is 0 Å². The van der Waals surface area contributed by atoms with Crippen LogP contribution in [0.25, 0.3) is 0 Å². The Morgan fingerprint density at radius 2 is 2.04 bits per heavy atom. The number of piperidine rings is 1. The number of hydrogen-bond donors (Lipinski definition) is 1. The molecule has 0 radical (unpaired) electrons. The van der Waals surface area contributed by atoms with Crippen molar-refractivity contribution in [1.82, 2.24) is 15.2 Å². The average Bonchev–Trinajstić information content (AvgIpc) is 2.69. The molecule has 0 atom stereocenters. The van der Waals surface area contributed by atoms with Crippen LogP contribution in [0.5, 0.6) is 11.6 Å². The van der Waals surface area contributed by atoms with Crippen molar-refractivity contribution in [2.45, 2.75) is 25.4 Å². The molecule has 6 nitrogen and oxygen atoms in total. The molecule has 2 heterocycles. The minimum absolute atomic E-state index is 0.103. The van der Waals surface area contributed by atoms with Gasteiger partial charge in [-0.15, -0.1) is 0 Å². The lowest BCUT2D eigenvalue weighted by Crippen LogP contribution is -2.44. The number of hydrogen-bond acceptors (Lipinski definition) is 5. The fraction of sp³-hybridized carbons (Fsp3) is 0.400. The van der Waals surface area contributed by atoms with E-state index < -0.39 is 0 Å². The third-order valence-corrected chi connectivity index (χ3v) is 4.75. The number of ether oxygens (including phenoxy) is 2. The van der Waals surface area contributed by atoms with Gasteiger partial charge in [-0.25, -0.2) is 9.37 Å². The van der Waals surface area contributed by atoms with E-state index in [0.29, 0.717) is 18.0 Å². The number of amides is 1. The molecule has 1 saturated heterocycles. The summed E-state index contributed by atoms with van der Waals surface area (Å²) in [4.78, 5) is 18.8. The van der Waals surface area contributed by atoms with Crippen molar-refractivity contribution in [2.24, 2.45) is 0 Å². The smallest absolute Gasteiger partial charge is 0.256 e. The van der Waals surface area contributed by atoms with Crippen LogP contribution in [-0.2, 0) is 6.54 Å². The molecule has 7 heteroatoms. The zero-order valence-corrected chi connectivity index (χ0v) is 15.6. The number of nitrogens with one attached hydrogen (secondary N) is 1. The molecule has 2 aromatic rings. The summed E-state index contributed by atoms with van der Waals surface area (Å²) in [5.41, 5.74) is 1.35. The second-order valence-corrected chi connectivity index (χ2v) is 6.55. The van der Waals surface area contributed by atoms with Crippen molar-refractivity contribution in [2.75, 3.05) is 27.3 Å². The Kier molecular flexibility index (Phi) is 6.24. The summed E-state index contributed by atoms with van der Waals surface area (Å²) in [6, 6.07) is 8.57. The van der Waals surface area contributed by atoms with Crippen molar-refractivity contribution < 1.29 is 18.7 Å². The van der Waals surface area contributed by atoms with Gasteiger partial charge in [0, 0.05) is 31.9 Å². The highest BCUT2D eigenvalue weighted by molar-refractivity contribution is 5.96. The van der Waals surface area contributed by atoms with Gasteiger partial charge in [0.2, 0.25) is 5.88 Å². The van der Waals surface area contributed by atoms with Crippen LogP contribution >= 0.6 is 0 Å². The SMILES string of the molecule is COc1ccc(CN2CCC(NC(=O)c3cccnc3OC)CC2)cc1F. The predicted molar refractivity (Wildman–Crippen MR) is 99.5 cm³/mol. The van der Waals surface area contributed by atoms with Crippen molar-refractivity contribution in [1.29, 1.82) is 0 Å². The van der Waals surface area contributed by atoms with E-state index in [0.717, 1.165) is 31.5 Å². The number of benzene rings is 1. The lowest BCUT2D eigenvalue weighted by molar-refractivity contribution is 0.0905. The third-order valence-electron chi connectivity index (χ3n) is 4.75. The van der Waals surface area contributed by atoms with Crippen LogP contribution in [0.2, 0.25) is 0 Å². The number of aromatic nitrogens is 1.